The van der Waals surface area contributed by atoms with E-state index in [1.165, 1.54) is 11.9 Å². The van der Waals surface area contributed by atoms with Crippen LogP contribution < -0.4 is 5.32 Å². The lowest BCUT2D eigenvalue weighted by molar-refractivity contribution is -0.126. The van der Waals surface area contributed by atoms with Gasteiger partial charge in [-0.15, -0.1) is 11.3 Å². The number of fused-ring (bicyclic) bond motifs is 2. The van der Waals surface area contributed by atoms with Crippen molar-refractivity contribution in [1.82, 2.24) is 28.6 Å². The van der Waals surface area contributed by atoms with Crippen molar-refractivity contribution in [3.63, 3.8) is 0 Å². The molecule has 0 aliphatic carbocycles. The third kappa shape index (κ3) is 7.62. The molecular formula is C32H38F4N8OS2. The molecule has 0 spiro atoms. The third-order valence-corrected chi connectivity index (χ3v) is 11.5. The predicted octanol–water partition coefficient (Wildman–Crippen LogP) is 5.26. The fourth-order valence-corrected chi connectivity index (χ4v) is 8.72. The highest BCUT2D eigenvalue weighted by atomic mass is 32.2. The summed E-state index contributed by atoms with van der Waals surface area (Å²) in [6.07, 6.45) is -0.510. The molecule has 1 N–H and O–H groups in total. The highest BCUT2D eigenvalue weighted by molar-refractivity contribution is 7.81. The molecule has 2 aliphatic heterocycles. The second-order valence-corrected chi connectivity index (χ2v) is 14.8. The second-order valence-electron chi connectivity index (χ2n) is 12.4. The number of thiophene rings is 1. The Morgan fingerprint density at radius 1 is 1.09 bits per heavy atom. The summed E-state index contributed by atoms with van der Waals surface area (Å²) < 4.78 is 68.2. The lowest BCUT2D eigenvalue weighted by Gasteiger charge is -2.38. The van der Waals surface area contributed by atoms with Crippen LogP contribution in [0.5, 0.6) is 0 Å². The van der Waals surface area contributed by atoms with Gasteiger partial charge in [0.15, 0.2) is 0 Å². The van der Waals surface area contributed by atoms with E-state index >= 15 is 0 Å². The number of halogens is 4. The summed E-state index contributed by atoms with van der Waals surface area (Å²) in [7, 11) is -1.20. The molecule has 0 saturated carbocycles. The number of aryl methyl sites for hydroxylation is 1. The number of hydrogen-bond acceptors (Lipinski definition) is 8. The average Bonchev–Trinajstić information content (AvgIpc) is 3.62. The molecule has 5 heterocycles. The van der Waals surface area contributed by atoms with Crippen LogP contribution in [0.4, 0.5) is 23.4 Å². The van der Waals surface area contributed by atoms with Crippen molar-refractivity contribution >= 4 is 49.3 Å². The topological polar surface area (TPSA) is 93.3 Å². The van der Waals surface area contributed by atoms with Crippen LogP contribution in [-0.4, -0.2) is 103 Å². The van der Waals surface area contributed by atoms with E-state index in [1.807, 2.05) is 10.6 Å². The van der Waals surface area contributed by atoms with Crippen LogP contribution in [0.3, 0.4) is 0 Å². The average molecular weight is 691 g/mol. The molecule has 2 saturated heterocycles. The Hall–Kier alpha value is -3.16. The van der Waals surface area contributed by atoms with Crippen LogP contribution in [0.1, 0.15) is 34.5 Å². The number of hydrogen-bond donors (Lipinski definition) is 1. The number of anilines is 1. The van der Waals surface area contributed by atoms with E-state index < -0.39 is 30.3 Å². The minimum atomic E-state index is -4.27. The lowest BCUT2D eigenvalue weighted by atomic mass is 10.0. The number of aromatic nitrogens is 3. The first-order valence-corrected chi connectivity index (χ1v) is 18.1. The van der Waals surface area contributed by atoms with Gasteiger partial charge >= 0.3 is 6.18 Å². The van der Waals surface area contributed by atoms with Crippen molar-refractivity contribution in [3.8, 4) is 6.07 Å². The van der Waals surface area contributed by atoms with Gasteiger partial charge in [0.1, 0.15) is 35.4 Å². The Morgan fingerprint density at radius 3 is 2.57 bits per heavy atom. The predicted molar refractivity (Wildman–Crippen MR) is 177 cm³/mol. The molecular weight excluding hydrogens is 653 g/mol. The molecule has 2 fully saturated rings. The normalized spacial score (nSPS) is 19.8. The van der Waals surface area contributed by atoms with Crippen molar-refractivity contribution in [2.75, 3.05) is 57.5 Å². The zero-order valence-electron chi connectivity index (χ0n) is 26.4. The fourth-order valence-electron chi connectivity index (χ4n) is 6.81. The third-order valence-electron chi connectivity index (χ3n) is 9.32. The Bertz CT molecular complexity index is 1790. The maximum absolute atomic E-state index is 13.7. The highest BCUT2D eigenvalue weighted by Gasteiger charge is 2.30. The molecule has 252 valence electrons. The molecule has 15 heteroatoms. The van der Waals surface area contributed by atoms with E-state index in [-0.39, 0.29) is 17.0 Å². The van der Waals surface area contributed by atoms with E-state index in [0.717, 1.165) is 60.3 Å². The van der Waals surface area contributed by atoms with Crippen molar-refractivity contribution in [2.24, 2.45) is 0 Å². The van der Waals surface area contributed by atoms with Gasteiger partial charge in [0.05, 0.1) is 28.8 Å². The zero-order valence-corrected chi connectivity index (χ0v) is 28.0. The van der Waals surface area contributed by atoms with Gasteiger partial charge in [0.25, 0.3) is 0 Å². The van der Waals surface area contributed by atoms with Gasteiger partial charge in [-0.05, 0) is 49.1 Å². The SMILES string of the molecule is Cc1c(CN2CCC(Nc3ncnc4sc(CC(F)(F)F)cc34)CC2)ccc2c1cc(C#N)n2CCN1CCN(S(C)=O)C(CF)C1. The number of nitrogens with zero attached hydrogens (tertiary/aromatic N) is 7. The van der Waals surface area contributed by atoms with Crippen molar-refractivity contribution < 1.29 is 21.8 Å². The number of benzene rings is 1. The summed E-state index contributed by atoms with van der Waals surface area (Å²) in [5, 5.41) is 15.1. The first-order valence-electron chi connectivity index (χ1n) is 15.7. The first kappa shape index (κ1) is 33.7. The van der Waals surface area contributed by atoms with Gasteiger partial charge in [-0.2, -0.15) is 18.4 Å². The molecule has 47 heavy (non-hydrogen) atoms. The summed E-state index contributed by atoms with van der Waals surface area (Å²) >= 11 is 1.05. The number of nitrogens with one attached hydrogen (secondary N) is 1. The van der Waals surface area contributed by atoms with E-state index in [4.69, 9.17) is 0 Å². The van der Waals surface area contributed by atoms with Crippen LogP contribution in [0.15, 0.2) is 30.6 Å². The number of nitriles is 1. The van der Waals surface area contributed by atoms with Gasteiger partial charge in [0, 0.05) is 80.4 Å². The molecule has 0 amide bonds. The van der Waals surface area contributed by atoms with Gasteiger partial charge in [-0.3, -0.25) is 9.80 Å². The van der Waals surface area contributed by atoms with Gasteiger partial charge in [-0.1, -0.05) is 6.07 Å². The minimum Gasteiger partial charge on any atom is -0.367 e. The quantitative estimate of drug-likeness (QED) is 0.227. The van der Waals surface area contributed by atoms with Crippen LogP contribution in [0, 0.1) is 18.3 Å². The molecule has 2 atom stereocenters. The number of rotatable bonds is 10. The molecule has 9 nitrogen and oxygen atoms in total. The molecule has 3 aromatic heterocycles. The molecule has 0 bridgehead atoms. The lowest BCUT2D eigenvalue weighted by Crippen LogP contribution is -2.54. The zero-order chi connectivity index (χ0) is 33.3. The first-order chi connectivity index (χ1) is 22.5. The maximum atomic E-state index is 13.7. The van der Waals surface area contributed by atoms with Crippen molar-refractivity contribution in [3.05, 3.63) is 52.3 Å². The minimum absolute atomic E-state index is 0.151. The van der Waals surface area contributed by atoms with Gasteiger partial charge in [0.2, 0.25) is 0 Å². The maximum Gasteiger partial charge on any atom is 0.393 e. The second kappa shape index (κ2) is 14.1. The Balaban J connectivity index is 1.07. The Morgan fingerprint density at radius 2 is 1.87 bits per heavy atom. The summed E-state index contributed by atoms with van der Waals surface area (Å²) in [5.74, 6) is 0.583. The number of piperazine rings is 1. The van der Waals surface area contributed by atoms with Gasteiger partial charge < -0.3 is 9.88 Å². The summed E-state index contributed by atoms with van der Waals surface area (Å²) in [6.45, 7) is 7.08. The fraction of sp³-hybridized carbons (Fsp3) is 0.531. The van der Waals surface area contributed by atoms with E-state index in [2.05, 4.69) is 50.2 Å². The smallest absolute Gasteiger partial charge is 0.367 e. The monoisotopic (exact) mass is 690 g/mol. The summed E-state index contributed by atoms with van der Waals surface area (Å²) in [6, 6.07) is 9.85. The summed E-state index contributed by atoms with van der Waals surface area (Å²) in [5.41, 5.74) is 3.94. The number of piperidine rings is 1. The highest BCUT2D eigenvalue weighted by Crippen LogP contribution is 2.33. The number of alkyl halides is 4. The van der Waals surface area contributed by atoms with E-state index in [1.54, 1.807) is 16.6 Å². The Labute approximate surface area is 277 Å². The van der Waals surface area contributed by atoms with E-state index in [9.17, 15) is 27.0 Å². The molecule has 6 rings (SSSR count). The van der Waals surface area contributed by atoms with Crippen LogP contribution >= 0.6 is 11.3 Å². The molecule has 2 aliphatic rings. The van der Waals surface area contributed by atoms with Gasteiger partial charge in [-0.25, -0.2) is 22.9 Å². The van der Waals surface area contributed by atoms with E-state index in [0.29, 0.717) is 54.5 Å². The molecule has 1 aromatic carbocycles. The van der Waals surface area contributed by atoms with Crippen LogP contribution in [0.2, 0.25) is 0 Å². The molecule has 0 radical (unpaired) electrons. The van der Waals surface area contributed by atoms with Crippen LogP contribution in [0.25, 0.3) is 21.1 Å². The number of likely N-dealkylation sites (tertiary alicyclic amines) is 1. The molecule has 2 unspecified atom stereocenters. The standard InChI is InChI=1S/C32H38F4N8OS2/c1-21-22(3-4-29-27(21)13-24(17-37)43(29)11-9-42-10-12-44(47(2)45)25(16-33)19-42)18-41-7-5-23(6-8-41)40-30-28-14-26(15-32(34,35)36)46-31(28)39-20-38-30/h3-4,13-14,20,23,25H,5-12,15-16,18-19H2,1-2H3,(H,38,39,40). The van der Waals surface area contributed by atoms with Crippen molar-refractivity contribution in [2.45, 2.75) is 57.5 Å². The molecule has 4 aromatic rings. The van der Waals surface area contributed by atoms with Crippen LogP contribution in [-0.2, 0) is 30.5 Å². The Kier molecular flexibility index (Phi) is 10.1. The summed E-state index contributed by atoms with van der Waals surface area (Å²) in [4.78, 5) is 13.9. The largest absolute Gasteiger partial charge is 0.393 e. The van der Waals surface area contributed by atoms with Crippen molar-refractivity contribution in [1.29, 1.82) is 5.26 Å².